The average molecular weight is 733 g/mol. The fraction of sp³-hybridized carbons (Fsp3) is 0.743. The minimum absolute atomic E-state index is 0.0599. The second-order valence-electron chi connectivity index (χ2n) is 16.9. The van der Waals surface area contributed by atoms with Gasteiger partial charge in [0.25, 0.3) is 5.91 Å². The molecular weight excluding hydrogens is 681 g/mol. The third-order valence-corrected chi connectivity index (χ3v) is 15.0. The van der Waals surface area contributed by atoms with E-state index in [4.69, 9.17) is 5.73 Å². The Bertz CT molecular complexity index is 1660. The standard InChI is InChI=1S/C35H52N6O7S2/c1-33(2,3)28(38-32(46)39-35(13-7-6-8-14-35)19-40-18-23-24(12-15-49-23)50(40,47)48)31(45)41-17-21-25(34(21,4)5)26(41)30(44)37-22(27(42)29(36)43)16-20-10-9-11-20/h12,15,20-22,25-26,28H,6-11,13-14,16-19H2,1-5H3,(H2,36,43)(H,37,44)(H2,38,39,46)/t21-,22?,25-,26?,28+/m0/s1. The molecular formula is C35H52N6O7S2. The Kier molecular flexibility index (Phi) is 9.68. The van der Waals surface area contributed by atoms with E-state index in [1.807, 2.05) is 20.8 Å². The van der Waals surface area contributed by atoms with E-state index in [2.05, 4.69) is 29.8 Å². The van der Waals surface area contributed by atoms with E-state index in [0.29, 0.717) is 30.7 Å². The first kappa shape index (κ1) is 36.7. The predicted molar refractivity (Wildman–Crippen MR) is 187 cm³/mol. The van der Waals surface area contributed by atoms with Crippen LogP contribution in [0.2, 0.25) is 0 Å². The van der Waals surface area contributed by atoms with Gasteiger partial charge >= 0.3 is 6.03 Å². The SMILES string of the molecule is CC(C)(C)[C@H](NC(=O)NC1(CN2Cc3sccc3S2(=O)=O)CCCCC1)C(=O)N1C[C@H]2[C@@H](C1C(=O)NC(CC1CCC1)C(=O)C(N)=O)C2(C)C. The van der Waals surface area contributed by atoms with Crippen LogP contribution < -0.4 is 21.7 Å². The molecule has 2 aliphatic heterocycles. The van der Waals surface area contributed by atoms with Gasteiger partial charge < -0.3 is 26.6 Å². The molecule has 50 heavy (non-hydrogen) atoms. The van der Waals surface area contributed by atoms with E-state index < -0.39 is 68.6 Å². The number of carbonyl (C=O) groups excluding carboxylic acids is 5. The highest BCUT2D eigenvalue weighted by Gasteiger charge is 2.70. The molecule has 1 aromatic heterocycles. The molecule has 1 aromatic rings. The maximum atomic E-state index is 14.5. The fourth-order valence-corrected chi connectivity index (χ4v) is 11.8. The smallest absolute Gasteiger partial charge is 0.315 e. The maximum absolute atomic E-state index is 14.5. The van der Waals surface area contributed by atoms with Crippen LogP contribution in [0, 0.1) is 28.6 Å². The Morgan fingerprint density at radius 2 is 1.72 bits per heavy atom. The largest absolute Gasteiger partial charge is 0.363 e. The van der Waals surface area contributed by atoms with Crippen LogP contribution in [0.4, 0.5) is 4.79 Å². The molecule has 15 heteroatoms. The number of likely N-dealkylation sites (tertiary alicyclic amines) is 1. The van der Waals surface area contributed by atoms with Crippen molar-refractivity contribution in [2.75, 3.05) is 13.1 Å². The molecule has 3 saturated carbocycles. The van der Waals surface area contributed by atoms with Crippen molar-refractivity contribution in [1.29, 1.82) is 0 Å². The van der Waals surface area contributed by atoms with E-state index in [1.54, 1.807) is 11.4 Å². The quantitative estimate of drug-likeness (QED) is 0.252. The second-order valence-corrected chi connectivity index (χ2v) is 19.8. The summed E-state index contributed by atoms with van der Waals surface area (Å²) < 4.78 is 28.1. The number of piperidine rings is 1. The molecule has 13 nitrogen and oxygen atoms in total. The number of urea groups is 1. The van der Waals surface area contributed by atoms with Crippen molar-refractivity contribution < 1.29 is 32.4 Å². The van der Waals surface area contributed by atoms with Gasteiger partial charge in [0.15, 0.2) is 0 Å². The number of ketones is 1. The lowest BCUT2D eigenvalue weighted by molar-refractivity contribution is -0.145. The molecule has 276 valence electrons. The van der Waals surface area contributed by atoms with Gasteiger partial charge in [-0.05, 0) is 59.3 Å². The highest BCUT2D eigenvalue weighted by atomic mass is 32.2. The summed E-state index contributed by atoms with van der Waals surface area (Å²) in [4.78, 5) is 69.7. The van der Waals surface area contributed by atoms with Crippen LogP contribution >= 0.6 is 11.3 Å². The summed E-state index contributed by atoms with van der Waals surface area (Å²) in [5.41, 5.74) is 3.60. The molecule has 3 heterocycles. The number of hydrogen-bond donors (Lipinski definition) is 4. The third-order valence-electron chi connectivity index (χ3n) is 12.1. The van der Waals surface area contributed by atoms with Gasteiger partial charge in [0.05, 0.1) is 16.5 Å². The van der Waals surface area contributed by atoms with E-state index in [9.17, 15) is 32.4 Å². The zero-order valence-electron chi connectivity index (χ0n) is 29.8. The van der Waals surface area contributed by atoms with Gasteiger partial charge in [-0.1, -0.05) is 73.1 Å². The summed E-state index contributed by atoms with van der Waals surface area (Å²) in [5.74, 6) is -2.71. The fourth-order valence-electron chi connectivity index (χ4n) is 8.85. The number of sulfonamides is 1. The number of nitrogens with zero attached hydrogens (tertiary/aromatic N) is 2. The first-order valence-corrected chi connectivity index (χ1v) is 20.3. The zero-order valence-corrected chi connectivity index (χ0v) is 31.4. The Morgan fingerprint density at radius 3 is 2.30 bits per heavy atom. The molecule has 6 rings (SSSR count). The molecule has 0 radical (unpaired) electrons. The molecule has 5 atom stereocenters. The Hall–Kier alpha value is -3.04. The Labute approximate surface area is 298 Å². The summed E-state index contributed by atoms with van der Waals surface area (Å²) in [6, 6.07) is -1.89. The van der Waals surface area contributed by atoms with Crippen LogP contribution in [0.3, 0.4) is 0 Å². The van der Waals surface area contributed by atoms with Crippen LogP contribution in [-0.2, 0) is 35.7 Å². The molecule has 3 aliphatic carbocycles. The van der Waals surface area contributed by atoms with Gasteiger partial charge in [0.1, 0.15) is 12.1 Å². The van der Waals surface area contributed by atoms with Gasteiger partial charge in [-0.15, -0.1) is 11.3 Å². The zero-order chi connectivity index (χ0) is 36.4. The first-order valence-electron chi connectivity index (χ1n) is 18.0. The van der Waals surface area contributed by atoms with Gasteiger partial charge in [0.2, 0.25) is 27.6 Å². The third kappa shape index (κ3) is 6.81. The monoisotopic (exact) mass is 732 g/mol. The number of hydrogen-bond acceptors (Lipinski definition) is 8. The number of rotatable bonds is 11. The topological polar surface area (TPSA) is 188 Å². The van der Waals surface area contributed by atoms with Crippen molar-refractivity contribution in [3.8, 4) is 0 Å². The van der Waals surface area contributed by atoms with Crippen molar-refractivity contribution in [2.24, 2.45) is 34.3 Å². The highest BCUT2D eigenvalue weighted by Crippen LogP contribution is 2.65. The number of thiophene rings is 1. The summed E-state index contributed by atoms with van der Waals surface area (Å²) in [6.07, 6.45) is 7.04. The second kappa shape index (κ2) is 13.2. The van der Waals surface area contributed by atoms with Crippen molar-refractivity contribution in [3.05, 3.63) is 16.3 Å². The van der Waals surface area contributed by atoms with Crippen LogP contribution in [0.5, 0.6) is 0 Å². The van der Waals surface area contributed by atoms with E-state index >= 15 is 0 Å². The molecule has 0 bridgehead atoms. The molecule has 1 saturated heterocycles. The lowest BCUT2D eigenvalue weighted by Crippen LogP contribution is -2.64. The molecule has 4 fully saturated rings. The highest BCUT2D eigenvalue weighted by molar-refractivity contribution is 7.89. The van der Waals surface area contributed by atoms with Crippen LogP contribution in [0.15, 0.2) is 16.3 Å². The molecule has 2 unspecified atom stereocenters. The number of primary amides is 1. The van der Waals surface area contributed by atoms with Crippen LogP contribution in [0.25, 0.3) is 0 Å². The molecule has 5 amide bonds. The van der Waals surface area contributed by atoms with Crippen LogP contribution in [-0.4, -0.2) is 83.9 Å². The molecule has 0 spiro atoms. The lowest BCUT2D eigenvalue weighted by Gasteiger charge is -2.42. The van der Waals surface area contributed by atoms with E-state index in [-0.39, 0.29) is 36.3 Å². The van der Waals surface area contributed by atoms with Gasteiger partial charge in [-0.3, -0.25) is 19.2 Å². The summed E-state index contributed by atoms with van der Waals surface area (Å²) >= 11 is 1.41. The molecule has 5 N–H and O–H groups in total. The minimum atomic E-state index is -3.67. The molecule has 5 aliphatic rings. The van der Waals surface area contributed by atoms with Gasteiger partial charge in [0, 0.05) is 24.5 Å². The van der Waals surface area contributed by atoms with Crippen molar-refractivity contribution in [1.82, 2.24) is 25.2 Å². The number of nitrogens with one attached hydrogen (secondary N) is 3. The number of fused-ring (bicyclic) bond motifs is 2. The van der Waals surface area contributed by atoms with E-state index in [0.717, 1.165) is 43.4 Å². The maximum Gasteiger partial charge on any atom is 0.315 e. The minimum Gasteiger partial charge on any atom is -0.363 e. The van der Waals surface area contributed by atoms with Gasteiger partial charge in [-0.25, -0.2) is 13.2 Å². The van der Waals surface area contributed by atoms with Crippen LogP contribution in [0.1, 0.15) is 97.3 Å². The van der Waals surface area contributed by atoms with E-state index in [1.165, 1.54) is 20.5 Å². The average Bonchev–Trinajstić information content (AvgIpc) is 3.46. The first-order chi connectivity index (χ1) is 23.4. The summed E-state index contributed by atoms with van der Waals surface area (Å²) in [7, 11) is -3.67. The van der Waals surface area contributed by atoms with Crippen molar-refractivity contribution in [3.63, 3.8) is 0 Å². The number of carbonyl (C=O) groups is 5. The molecule has 0 aromatic carbocycles. The Balaban J connectivity index is 1.19. The number of Topliss-reactive ketones (excluding diaryl/α,β-unsaturated/α-hetero) is 1. The van der Waals surface area contributed by atoms with Crippen molar-refractivity contribution in [2.45, 2.75) is 128 Å². The summed E-state index contributed by atoms with van der Waals surface area (Å²) in [6.45, 7) is 10.4. The predicted octanol–water partition coefficient (Wildman–Crippen LogP) is 2.88. The van der Waals surface area contributed by atoms with Gasteiger partial charge in [-0.2, -0.15) is 4.31 Å². The van der Waals surface area contributed by atoms with Crippen molar-refractivity contribution >= 4 is 50.9 Å². The lowest BCUT2D eigenvalue weighted by atomic mass is 9.80. The number of nitrogens with two attached hydrogens (primary N) is 1. The number of amides is 5. The summed E-state index contributed by atoms with van der Waals surface area (Å²) in [5, 5.41) is 10.6. The normalized spacial score (nSPS) is 27.6. The Morgan fingerprint density at radius 1 is 1.04 bits per heavy atom.